The van der Waals surface area contributed by atoms with Crippen LogP contribution in [0.1, 0.15) is 18.1 Å². The first kappa shape index (κ1) is 15.5. The molecule has 1 aromatic rings. The maximum atomic E-state index is 11.5. The van der Waals surface area contributed by atoms with Crippen molar-refractivity contribution in [1.82, 2.24) is 10.2 Å². The Bertz CT molecular complexity index is 390. The SMILES string of the molecule is COc1ccc(C(O)CNC(=O)CCN(C)C)cc1. The molecule has 0 aliphatic carbocycles. The molecule has 1 amide bonds. The van der Waals surface area contributed by atoms with Crippen molar-refractivity contribution >= 4 is 5.91 Å². The minimum Gasteiger partial charge on any atom is -0.497 e. The number of carbonyl (C=O) groups is 1. The maximum absolute atomic E-state index is 11.5. The highest BCUT2D eigenvalue weighted by Gasteiger charge is 2.09. The Labute approximate surface area is 114 Å². The third-order valence-electron chi connectivity index (χ3n) is 2.78. The molecule has 0 fully saturated rings. The monoisotopic (exact) mass is 266 g/mol. The number of nitrogens with zero attached hydrogens (tertiary/aromatic N) is 1. The van der Waals surface area contributed by atoms with Gasteiger partial charge in [-0.05, 0) is 31.8 Å². The molecule has 0 aliphatic heterocycles. The summed E-state index contributed by atoms with van der Waals surface area (Å²) in [4.78, 5) is 13.5. The Morgan fingerprint density at radius 3 is 2.53 bits per heavy atom. The van der Waals surface area contributed by atoms with Crippen LogP contribution in [0, 0.1) is 0 Å². The molecule has 0 aromatic heterocycles. The molecular formula is C14H22N2O3. The van der Waals surface area contributed by atoms with Gasteiger partial charge in [0.05, 0.1) is 13.2 Å². The van der Waals surface area contributed by atoms with Crippen molar-refractivity contribution in [2.45, 2.75) is 12.5 Å². The molecule has 1 rings (SSSR count). The van der Waals surface area contributed by atoms with Gasteiger partial charge >= 0.3 is 0 Å². The summed E-state index contributed by atoms with van der Waals surface area (Å²) < 4.78 is 5.05. The summed E-state index contributed by atoms with van der Waals surface area (Å²) in [5.41, 5.74) is 0.758. The van der Waals surface area contributed by atoms with Crippen molar-refractivity contribution < 1.29 is 14.6 Å². The van der Waals surface area contributed by atoms with Gasteiger partial charge in [-0.2, -0.15) is 0 Å². The van der Waals surface area contributed by atoms with Gasteiger partial charge < -0.3 is 20.1 Å². The van der Waals surface area contributed by atoms with E-state index >= 15 is 0 Å². The van der Waals surface area contributed by atoms with Crippen molar-refractivity contribution in [2.75, 3.05) is 34.3 Å². The van der Waals surface area contributed by atoms with Gasteiger partial charge in [-0.25, -0.2) is 0 Å². The summed E-state index contributed by atoms with van der Waals surface area (Å²) >= 11 is 0. The van der Waals surface area contributed by atoms with Crippen LogP contribution in [0.5, 0.6) is 5.75 Å². The number of methoxy groups -OCH3 is 1. The van der Waals surface area contributed by atoms with Crippen LogP contribution in [0.4, 0.5) is 0 Å². The molecule has 0 saturated heterocycles. The third kappa shape index (κ3) is 5.72. The number of aliphatic hydroxyl groups is 1. The normalized spacial score (nSPS) is 12.3. The molecule has 0 spiro atoms. The van der Waals surface area contributed by atoms with E-state index in [4.69, 9.17) is 4.74 Å². The van der Waals surface area contributed by atoms with E-state index < -0.39 is 6.10 Å². The van der Waals surface area contributed by atoms with Crippen molar-refractivity contribution in [1.29, 1.82) is 0 Å². The maximum Gasteiger partial charge on any atom is 0.221 e. The number of rotatable bonds is 7. The van der Waals surface area contributed by atoms with Gasteiger partial charge in [0, 0.05) is 19.5 Å². The van der Waals surface area contributed by atoms with Crippen molar-refractivity contribution in [3.05, 3.63) is 29.8 Å². The van der Waals surface area contributed by atoms with Crippen molar-refractivity contribution in [2.24, 2.45) is 0 Å². The van der Waals surface area contributed by atoms with E-state index in [9.17, 15) is 9.90 Å². The van der Waals surface area contributed by atoms with Crippen LogP contribution >= 0.6 is 0 Å². The second kappa shape index (κ2) is 7.76. The van der Waals surface area contributed by atoms with Crippen LogP contribution in [0.2, 0.25) is 0 Å². The number of nitrogens with one attached hydrogen (secondary N) is 1. The van der Waals surface area contributed by atoms with E-state index in [1.54, 1.807) is 31.4 Å². The molecule has 1 unspecified atom stereocenters. The highest BCUT2D eigenvalue weighted by Crippen LogP contribution is 2.16. The van der Waals surface area contributed by atoms with E-state index in [0.29, 0.717) is 13.0 Å². The molecule has 0 aliphatic rings. The van der Waals surface area contributed by atoms with Crippen LogP contribution in [0.25, 0.3) is 0 Å². The summed E-state index contributed by atoms with van der Waals surface area (Å²) in [6, 6.07) is 7.14. The number of carbonyl (C=O) groups excluding carboxylic acids is 1. The molecular weight excluding hydrogens is 244 g/mol. The van der Waals surface area contributed by atoms with E-state index in [1.807, 2.05) is 19.0 Å². The molecule has 5 heteroatoms. The minimum absolute atomic E-state index is 0.0544. The number of hydrogen-bond donors (Lipinski definition) is 2. The number of amides is 1. The van der Waals surface area contributed by atoms with Gasteiger partial charge in [-0.1, -0.05) is 12.1 Å². The summed E-state index contributed by atoms with van der Waals surface area (Å²) in [6.45, 7) is 0.920. The Morgan fingerprint density at radius 2 is 2.00 bits per heavy atom. The molecule has 0 saturated carbocycles. The molecule has 2 N–H and O–H groups in total. The second-order valence-corrected chi connectivity index (χ2v) is 4.65. The molecule has 0 heterocycles. The van der Waals surface area contributed by atoms with Gasteiger partial charge in [-0.15, -0.1) is 0 Å². The zero-order valence-electron chi connectivity index (χ0n) is 11.7. The quantitative estimate of drug-likeness (QED) is 0.766. The van der Waals surface area contributed by atoms with E-state index in [0.717, 1.165) is 11.3 Å². The fourth-order valence-corrected chi connectivity index (χ4v) is 1.57. The molecule has 0 bridgehead atoms. The summed E-state index contributed by atoms with van der Waals surface area (Å²) in [5.74, 6) is 0.687. The van der Waals surface area contributed by atoms with Gasteiger partial charge in [0.25, 0.3) is 0 Å². The Kier molecular flexibility index (Phi) is 6.32. The van der Waals surface area contributed by atoms with Gasteiger partial charge in [0.1, 0.15) is 5.75 Å². The van der Waals surface area contributed by atoms with E-state index in [2.05, 4.69) is 5.32 Å². The zero-order valence-corrected chi connectivity index (χ0v) is 11.7. The summed E-state index contributed by atoms with van der Waals surface area (Å²) in [7, 11) is 5.43. The summed E-state index contributed by atoms with van der Waals surface area (Å²) in [6.07, 6.45) is -0.267. The van der Waals surface area contributed by atoms with Gasteiger partial charge in [0.15, 0.2) is 0 Å². The number of benzene rings is 1. The predicted molar refractivity (Wildman–Crippen MR) is 74.1 cm³/mol. The first-order chi connectivity index (χ1) is 9.02. The summed E-state index contributed by atoms with van der Waals surface area (Å²) in [5, 5.41) is 12.7. The Morgan fingerprint density at radius 1 is 1.37 bits per heavy atom. The highest BCUT2D eigenvalue weighted by molar-refractivity contribution is 5.76. The number of ether oxygens (including phenoxy) is 1. The second-order valence-electron chi connectivity index (χ2n) is 4.65. The molecule has 1 atom stereocenters. The third-order valence-corrected chi connectivity index (χ3v) is 2.78. The largest absolute Gasteiger partial charge is 0.497 e. The fourth-order valence-electron chi connectivity index (χ4n) is 1.57. The molecule has 106 valence electrons. The van der Waals surface area contributed by atoms with Crippen LogP contribution in [-0.2, 0) is 4.79 Å². The highest BCUT2D eigenvalue weighted by atomic mass is 16.5. The smallest absolute Gasteiger partial charge is 0.221 e. The van der Waals surface area contributed by atoms with Crippen LogP contribution in [-0.4, -0.2) is 50.2 Å². The topological polar surface area (TPSA) is 61.8 Å². The molecule has 0 radical (unpaired) electrons. The van der Waals surface area contributed by atoms with Crippen molar-refractivity contribution in [3.8, 4) is 5.75 Å². The fraction of sp³-hybridized carbons (Fsp3) is 0.500. The first-order valence-electron chi connectivity index (χ1n) is 6.26. The lowest BCUT2D eigenvalue weighted by molar-refractivity contribution is -0.121. The van der Waals surface area contributed by atoms with Crippen LogP contribution in [0.15, 0.2) is 24.3 Å². The van der Waals surface area contributed by atoms with E-state index in [-0.39, 0.29) is 12.5 Å². The van der Waals surface area contributed by atoms with Crippen LogP contribution in [0.3, 0.4) is 0 Å². The standard InChI is InChI=1S/C14H22N2O3/c1-16(2)9-8-14(18)15-10-13(17)11-4-6-12(19-3)7-5-11/h4-7,13,17H,8-10H2,1-3H3,(H,15,18). The predicted octanol–water partition coefficient (Wildman–Crippen LogP) is 0.796. The lowest BCUT2D eigenvalue weighted by Crippen LogP contribution is -2.30. The van der Waals surface area contributed by atoms with Crippen LogP contribution < -0.4 is 10.1 Å². The first-order valence-corrected chi connectivity index (χ1v) is 6.26. The Balaban J connectivity index is 2.37. The van der Waals surface area contributed by atoms with Gasteiger partial charge in [0.2, 0.25) is 5.91 Å². The lowest BCUT2D eigenvalue weighted by atomic mass is 10.1. The Hall–Kier alpha value is -1.59. The zero-order chi connectivity index (χ0) is 14.3. The van der Waals surface area contributed by atoms with E-state index in [1.165, 1.54) is 0 Å². The number of aliphatic hydroxyl groups excluding tert-OH is 1. The molecule has 19 heavy (non-hydrogen) atoms. The molecule has 1 aromatic carbocycles. The minimum atomic E-state index is -0.700. The lowest BCUT2D eigenvalue weighted by Gasteiger charge is -2.14. The molecule has 5 nitrogen and oxygen atoms in total. The number of hydrogen-bond acceptors (Lipinski definition) is 4. The average Bonchev–Trinajstić information content (AvgIpc) is 2.42. The van der Waals surface area contributed by atoms with Crippen molar-refractivity contribution in [3.63, 3.8) is 0 Å². The van der Waals surface area contributed by atoms with Gasteiger partial charge in [-0.3, -0.25) is 4.79 Å². The average molecular weight is 266 g/mol.